The standard InChI is InChI=1S/C18H25N3O7S/c19-3-6-28-17(24)18(16(20)23)10-13(29(25,26)11-12-1-2-12)9-14(18)15(22)21-4-7-27-8-5-21/h12-14H,1-2,4-11H2,(H2,20,23)/t13-,14+,18-/m1/s1. The minimum atomic E-state index is -3.63. The van der Waals surface area contributed by atoms with Crippen LogP contribution in [0, 0.1) is 28.6 Å². The molecule has 1 heterocycles. The molecule has 0 unspecified atom stereocenters. The Morgan fingerprint density at radius 3 is 2.45 bits per heavy atom. The van der Waals surface area contributed by atoms with Crippen molar-refractivity contribution in [3.05, 3.63) is 0 Å². The van der Waals surface area contributed by atoms with E-state index in [9.17, 15) is 22.8 Å². The van der Waals surface area contributed by atoms with E-state index in [1.807, 2.05) is 0 Å². The molecule has 3 aliphatic rings. The van der Waals surface area contributed by atoms with Crippen LogP contribution in [-0.4, -0.2) is 75.0 Å². The van der Waals surface area contributed by atoms with Gasteiger partial charge in [-0.15, -0.1) is 0 Å². The average Bonchev–Trinajstić information content (AvgIpc) is 3.39. The summed E-state index contributed by atoms with van der Waals surface area (Å²) in [5, 5.41) is 7.68. The van der Waals surface area contributed by atoms with Crippen molar-refractivity contribution in [3.8, 4) is 6.07 Å². The van der Waals surface area contributed by atoms with E-state index in [-0.39, 0.29) is 31.2 Å². The summed E-state index contributed by atoms with van der Waals surface area (Å²) in [5.41, 5.74) is 3.47. The van der Waals surface area contributed by atoms with Crippen molar-refractivity contribution in [3.63, 3.8) is 0 Å². The largest absolute Gasteiger partial charge is 0.449 e. The SMILES string of the molecule is N#CCOC(=O)[C@]1(C(N)=O)C[C@H](S(=O)(=O)CC2CC2)C[C@H]1C(=O)N1CCOCC1. The highest BCUT2D eigenvalue weighted by molar-refractivity contribution is 7.92. The molecule has 2 aliphatic carbocycles. The lowest BCUT2D eigenvalue weighted by molar-refractivity contribution is -0.167. The van der Waals surface area contributed by atoms with Crippen molar-refractivity contribution >= 4 is 27.6 Å². The first-order valence-electron chi connectivity index (χ1n) is 9.64. The molecule has 0 spiro atoms. The molecule has 2 N–H and O–H groups in total. The normalized spacial score (nSPS) is 29.8. The fourth-order valence-electron chi connectivity index (χ4n) is 4.21. The van der Waals surface area contributed by atoms with Crippen LogP contribution in [0.5, 0.6) is 0 Å². The molecular formula is C18H25N3O7S. The van der Waals surface area contributed by atoms with Crippen LogP contribution >= 0.6 is 0 Å². The fourth-order valence-corrected chi connectivity index (χ4v) is 6.48. The number of nitrogens with zero attached hydrogens (tertiary/aromatic N) is 2. The van der Waals surface area contributed by atoms with Gasteiger partial charge in [0.25, 0.3) is 0 Å². The van der Waals surface area contributed by atoms with Gasteiger partial charge in [0.05, 0.1) is 30.1 Å². The number of amides is 2. The molecule has 1 aliphatic heterocycles. The van der Waals surface area contributed by atoms with Crippen LogP contribution < -0.4 is 5.73 Å². The van der Waals surface area contributed by atoms with E-state index in [0.717, 1.165) is 12.8 Å². The number of carbonyl (C=O) groups is 3. The minimum Gasteiger partial charge on any atom is -0.449 e. The number of ether oxygens (including phenoxy) is 2. The molecule has 3 rings (SSSR count). The summed E-state index contributed by atoms with van der Waals surface area (Å²) < 4.78 is 35.8. The smallest absolute Gasteiger partial charge is 0.323 e. The first-order valence-corrected chi connectivity index (χ1v) is 11.4. The number of sulfone groups is 1. The second-order valence-electron chi connectivity index (χ2n) is 7.89. The number of rotatable bonds is 7. The first-order chi connectivity index (χ1) is 13.7. The molecule has 11 heteroatoms. The molecule has 0 aromatic rings. The lowest BCUT2D eigenvalue weighted by atomic mass is 9.76. The van der Waals surface area contributed by atoms with Gasteiger partial charge in [-0.3, -0.25) is 14.4 Å². The number of carbonyl (C=O) groups excluding carboxylic acids is 3. The summed E-state index contributed by atoms with van der Waals surface area (Å²) in [6, 6.07) is 1.64. The Morgan fingerprint density at radius 2 is 1.90 bits per heavy atom. The molecule has 1 saturated heterocycles. The molecule has 0 aromatic heterocycles. The highest BCUT2D eigenvalue weighted by Gasteiger charge is 2.63. The van der Waals surface area contributed by atoms with Gasteiger partial charge in [-0.25, -0.2) is 8.42 Å². The Labute approximate surface area is 169 Å². The van der Waals surface area contributed by atoms with Gasteiger partial charge in [-0.05, 0) is 31.6 Å². The topological polar surface area (TPSA) is 157 Å². The molecule has 2 saturated carbocycles. The number of nitrogens with two attached hydrogens (primary N) is 1. The molecule has 10 nitrogen and oxygen atoms in total. The van der Waals surface area contributed by atoms with E-state index in [2.05, 4.69) is 0 Å². The quantitative estimate of drug-likeness (QED) is 0.400. The first kappa shape index (κ1) is 21.5. The van der Waals surface area contributed by atoms with Crippen LogP contribution in [0.2, 0.25) is 0 Å². The van der Waals surface area contributed by atoms with Crippen molar-refractivity contribution in [1.82, 2.24) is 4.90 Å². The molecule has 29 heavy (non-hydrogen) atoms. The van der Waals surface area contributed by atoms with Crippen molar-refractivity contribution in [2.24, 2.45) is 23.0 Å². The maximum Gasteiger partial charge on any atom is 0.323 e. The zero-order chi connectivity index (χ0) is 21.2. The third kappa shape index (κ3) is 4.23. The lowest BCUT2D eigenvalue weighted by Gasteiger charge is -2.34. The number of hydrogen-bond acceptors (Lipinski definition) is 8. The van der Waals surface area contributed by atoms with Gasteiger partial charge in [-0.1, -0.05) is 0 Å². The number of esters is 1. The van der Waals surface area contributed by atoms with Crippen LogP contribution in [0.4, 0.5) is 0 Å². The second kappa shape index (κ2) is 8.28. The minimum absolute atomic E-state index is 0.0295. The molecule has 0 bridgehead atoms. The third-order valence-electron chi connectivity index (χ3n) is 6.01. The highest BCUT2D eigenvalue weighted by Crippen LogP contribution is 2.49. The Morgan fingerprint density at radius 1 is 1.24 bits per heavy atom. The summed E-state index contributed by atoms with van der Waals surface area (Å²) >= 11 is 0. The zero-order valence-corrected chi connectivity index (χ0v) is 16.9. The average molecular weight is 427 g/mol. The van der Waals surface area contributed by atoms with Gasteiger partial charge in [0.1, 0.15) is 6.07 Å². The van der Waals surface area contributed by atoms with E-state index in [0.29, 0.717) is 13.2 Å². The predicted octanol–water partition coefficient (Wildman–Crippen LogP) is -1.01. The molecule has 3 fully saturated rings. The Hall–Kier alpha value is -2.19. The number of morpholine rings is 1. The molecule has 0 aromatic carbocycles. The molecule has 3 atom stereocenters. The fraction of sp³-hybridized carbons (Fsp3) is 0.778. The number of nitriles is 1. The predicted molar refractivity (Wildman–Crippen MR) is 98.6 cm³/mol. The van der Waals surface area contributed by atoms with E-state index < -0.39 is 57.2 Å². The van der Waals surface area contributed by atoms with E-state index in [4.69, 9.17) is 20.5 Å². The van der Waals surface area contributed by atoms with Crippen molar-refractivity contribution in [2.45, 2.75) is 30.9 Å². The summed E-state index contributed by atoms with van der Waals surface area (Å²) in [6.07, 6.45) is 1.08. The monoisotopic (exact) mass is 427 g/mol. The summed E-state index contributed by atoms with van der Waals surface area (Å²) in [5.74, 6) is -3.91. The van der Waals surface area contributed by atoms with Crippen molar-refractivity contribution < 1.29 is 32.3 Å². The molecular weight excluding hydrogens is 402 g/mol. The number of hydrogen-bond donors (Lipinski definition) is 1. The highest BCUT2D eigenvalue weighted by atomic mass is 32.2. The van der Waals surface area contributed by atoms with Crippen molar-refractivity contribution in [1.29, 1.82) is 5.26 Å². The van der Waals surface area contributed by atoms with Gasteiger partial charge >= 0.3 is 5.97 Å². The Balaban J connectivity index is 1.95. The van der Waals surface area contributed by atoms with Crippen molar-refractivity contribution in [2.75, 3.05) is 38.7 Å². The lowest BCUT2D eigenvalue weighted by Crippen LogP contribution is -2.54. The van der Waals surface area contributed by atoms with Crippen LogP contribution in [0.25, 0.3) is 0 Å². The Bertz CT molecular complexity index is 827. The molecule has 2 amide bonds. The summed E-state index contributed by atoms with van der Waals surface area (Å²) in [7, 11) is -3.63. The molecule has 0 radical (unpaired) electrons. The third-order valence-corrected chi connectivity index (χ3v) is 8.32. The van der Waals surface area contributed by atoms with E-state index >= 15 is 0 Å². The van der Waals surface area contributed by atoms with Gasteiger partial charge in [0, 0.05) is 13.1 Å². The molecule has 160 valence electrons. The van der Waals surface area contributed by atoms with Gasteiger partial charge in [0.15, 0.2) is 21.9 Å². The van der Waals surface area contributed by atoms with E-state index in [1.165, 1.54) is 4.90 Å². The maximum atomic E-state index is 13.2. The van der Waals surface area contributed by atoms with E-state index in [1.54, 1.807) is 6.07 Å². The van der Waals surface area contributed by atoms with Gasteiger partial charge < -0.3 is 20.1 Å². The van der Waals surface area contributed by atoms with Crippen LogP contribution in [0.15, 0.2) is 0 Å². The second-order valence-corrected chi connectivity index (χ2v) is 10.2. The zero-order valence-electron chi connectivity index (χ0n) is 16.0. The van der Waals surface area contributed by atoms with Crippen LogP contribution in [0.3, 0.4) is 0 Å². The van der Waals surface area contributed by atoms with Gasteiger partial charge in [0.2, 0.25) is 11.8 Å². The van der Waals surface area contributed by atoms with Crippen LogP contribution in [-0.2, 0) is 33.7 Å². The number of primary amides is 1. The maximum absolute atomic E-state index is 13.2. The van der Waals surface area contributed by atoms with Gasteiger partial charge in [-0.2, -0.15) is 5.26 Å². The summed E-state index contributed by atoms with van der Waals surface area (Å²) in [4.78, 5) is 39.9. The Kier molecular flexibility index (Phi) is 6.14. The van der Waals surface area contributed by atoms with Crippen LogP contribution in [0.1, 0.15) is 25.7 Å². The summed E-state index contributed by atoms with van der Waals surface area (Å²) in [6.45, 7) is 0.550.